The molecule has 0 bridgehead atoms. The van der Waals surface area contributed by atoms with E-state index in [0.29, 0.717) is 0 Å². The minimum atomic E-state index is -0.172. The van der Waals surface area contributed by atoms with Gasteiger partial charge in [-0.3, -0.25) is 5.43 Å². The molecule has 1 rings (SSSR count). The molecule has 0 aliphatic carbocycles. The minimum absolute atomic E-state index is 0.172. The maximum Gasteiger partial charge on any atom is 0.193 e. The normalized spacial score (nSPS) is 24.0. The van der Waals surface area contributed by atoms with Crippen molar-refractivity contribution in [3.8, 4) is 0 Å². The lowest BCUT2D eigenvalue weighted by molar-refractivity contribution is 0.266. The second kappa shape index (κ2) is 2.89. The van der Waals surface area contributed by atoms with Crippen LogP contribution in [0.3, 0.4) is 0 Å². The molecule has 0 aromatic carbocycles. The molecule has 0 amide bonds. The predicted octanol–water partition coefficient (Wildman–Crippen LogP) is 1.40. The van der Waals surface area contributed by atoms with Gasteiger partial charge in [-0.05, 0) is 5.41 Å². The largest absolute Gasteiger partial charge is 0.327 e. The molecule has 1 unspecified atom stereocenters. The van der Waals surface area contributed by atoms with Crippen molar-refractivity contribution in [3.63, 3.8) is 0 Å². The van der Waals surface area contributed by atoms with Gasteiger partial charge in [0.25, 0.3) is 0 Å². The average Bonchev–Trinajstić information content (AvgIpc) is 2.12. The Morgan fingerprint density at radius 3 is 2.64 bits per heavy atom. The highest BCUT2D eigenvalue weighted by atomic mass is 35.5. The fourth-order valence-electron chi connectivity index (χ4n) is 0.970. The lowest BCUT2D eigenvalue weighted by Gasteiger charge is -2.27. The summed E-state index contributed by atoms with van der Waals surface area (Å²) < 4.78 is 0. The Hall–Kier alpha value is -0.440. The van der Waals surface area contributed by atoms with Gasteiger partial charge in [-0.1, -0.05) is 32.4 Å². The first-order chi connectivity index (χ1) is 4.99. The summed E-state index contributed by atoms with van der Waals surface area (Å²) in [6.45, 7) is 7.42. The topological polar surface area (TPSA) is 27.6 Å². The van der Waals surface area contributed by atoms with Gasteiger partial charge in [0.2, 0.25) is 0 Å². The Balaban J connectivity index is 2.43. The van der Waals surface area contributed by atoms with E-state index in [4.69, 9.17) is 11.6 Å². The first-order valence-electron chi connectivity index (χ1n) is 3.67. The van der Waals surface area contributed by atoms with Crippen molar-refractivity contribution >= 4 is 17.9 Å². The molecule has 0 aromatic heterocycles. The maximum atomic E-state index is 5.87. The van der Waals surface area contributed by atoms with Crippen LogP contribution in [0, 0.1) is 5.41 Å². The lowest BCUT2D eigenvalue weighted by Crippen LogP contribution is -2.37. The second-order valence-electron chi connectivity index (χ2n) is 3.94. The summed E-state index contributed by atoms with van der Waals surface area (Å²) in [5.41, 5.74) is 2.84. The summed E-state index contributed by atoms with van der Waals surface area (Å²) in [4.78, 5) is 1.97. The molecule has 1 N–H and O–H groups in total. The zero-order valence-electron chi connectivity index (χ0n) is 7.13. The second-order valence-corrected chi connectivity index (χ2v) is 4.36. The van der Waals surface area contributed by atoms with Crippen LogP contribution < -0.4 is 5.43 Å². The molecule has 1 aliphatic rings. The van der Waals surface area contributed by atoms with Gasteiger partial charge >= 0.3 is 0 Å². The summed E-state index contributed by atoms with van der Waals surface area (Å²) >= 11 is 5.87. The van der Waals surface area contributed by atoms with Gasteiger partial charge in [0, 0.05) is 6.54 Å². The molecule has 1 heterocycles. The van der Waals surface area contributed by atoms with E-state index in [1.165, 1.54) is 0 Å². The number of hydrazone groups is 1. The maximum absolute atomic E-state index is 5.87. The standard InChI is InChI=1S/C7H14ClN3/c1-7(2,3)4-11-5-9-10-6(11)8/h5-6,10H,4H2,1-3H3. The number of halogens is 1. The van der Waals surface area contributed by atoms with Crippen LogP contribution in [0.15, 0.2) is 5.10 Å². The summed E-state index contributed by atoms with van der Waals surface area (Å²) in [6, 6.07) is 0. The first kappa shape index (κ1) is 8.65. The van der Waals surface area contributed by atoms with E-state index in [2.05, 4.69) is 31.3 Å². The third-order valence-corrected chi connectivity index (χ3v) is 1.68. The molecule has 64 valence electrons. The molecule has 0 saturated carbocycles. The monoisotopic (exact) mass is 175 g/mol. The number of alkyl halides is 1. The number of nitrogens with zero attached hydrogens (tertiary/aromatic N) is 2. The van der Waals surface area contributed by atoms with Crippen LogP contribution in [0.1, 0.15) is 20.8 Å². The molecular weight excluding hydrogens is 162 g/mol. The van der Waals surface area contributed by atoms with E-state index in [9.17, 15) is 0 Å². The Kier molecular flexibility index (Phi) is 2.28. The van der Waals surface area contributed by atoms with Crippen molar-refractivity contribution in [2.24, 2.45) is 10.5 Å². The minimum Gasteiger partial charge on any atom is -0.327 e. The van der Waals surface area contributed by atoms with Crippen LogP contribution in [0.25, 0.3) is 0 Å². The van der Waals surface area contributed by atoms with Crippen LogP contribution in [0.5, 0.6) is 0 Å². The third-order valence-electron chi connectivity index (χ3n) is 1.34. The van der Waals surface area contributed by atoms with Crippen LogP contribution in [0.4, 0.5) is 0 Å². The smallest absolute Gasteiger partial charge is 0.193 e. The van der Waals surface area contributed by atoms with E-state index < -0.39 is 0 Å². The van der Waals surface area contributed by atoms with Gasteiger partial charge in [0.05, 0.1) is 0 Å². The van der Waals surface area contributed by atoms with Crippen molar-refractivity contribution in [2.45, 2.75) is 26.4 Å². The summed E-state index contributed by atoms with van der Waals surface area (Å²) in [7, 11) is 0. The van der Waals surface area contributed by atoms with E-state index >= 15 is 0 Å². The molecule has 4 heteroatoms. The molecule has 0 saturated heterocycles. The zero-order chi connectivity index (χ0) is 8.48. The lowest BCUT2D eigenvalue weighted by atomic mass is 9.96. The van der Waals surface area contributed by atoms with Gasteiger partial charge in [-0.25, -0.2) is 0 Å². The van der Waals surface area contributed by atoms with Gasteiger partial charge in [0.1, 0.15) is 6.34 Å². The number of hydrogen-bond donors (Lipinski definition) is 1. The Morgan fingerprint density at radius 2 is 2.27 bits per heavy atom. The summed E-state index contributed by atoms with van der Waals surface area (Å²) in [5.74, 6) is 0. The SMILES string of the molecule is CC(C)(C)CN1C=NNC1Cl. The van der Waals surface area contributed by atoms with Gasteiger partial charge in [-0.2, -0.15) is 5.10 Å². The highest BCUT2D eigenvalue weighted by Gasteiger charge is 2.22. The van der Waals surface area contributed by atoms with E-state index in [1.807, 2.05) is 4.90 Å². The van der Waals surface area contributed by atoms with E-state index in [-0.39, 0.29) is 11.0 Å². The highest BCUT2D eigenvalue weighted by molar-refractivity contribution is 6.20. The van der Waals surface area contributed by atoms with Crippen LogP contribution in [-0.2, 0) is 0 Å². The molecular formula is C7H14ClN3. The Bertz CT molecular complexity index is 162. The molecule has 0 spiro atoms. The van der Waals surface area contributed by atoms with E-state index in [1.54, 1.807) is 6.34 Å². The molecule has 0 fully saturated rings. The predicted molar refractivity (Wildman–Crippen MR) is 47.4 cm³/mol. The molecule has 11 heavy (non-hydrogen) atoms. The first-order valence-corrected chi connectivity index (χ1v) is 4.11. The molecule has 3 nitrogen and oxygen atoms in total. The van der Waals surface area contributed by atoms with Gasteiger partial charge in [-0.15, -0.1) is 0 Å². The fourth-order valence-corrected chi connectivity index (χ4v) is 1.15. The average molecular weight is 176 g/mol. The van der Waals surface area contributed by atoms with Crippen molar-refractivity contribution in [2.75, 3.05) is 6.54 Å². The molecule has 0 radical (unpaired) electrons. The van der Waals surface area contributed by atoms with Gasteiger partial charge in [0.15, 0.2) is 5.62 Å². The number of rotatable bonds is 1. The van der Waals surface area contributed by atoms with Gasteiger partial charge < -0.3 is 4.90 Å². The highest BCUT2D eigenvalue weighted by Crippen LogP contribution is 2.17. The Labute approximate surface area is 72.4 Å². The fraction of sp³-hybridized carbons (Fsp3) is 0.857. The van der Waals surface area contributed by atoms with Crippen LogP contribution >= 0.6 is 11.6 Å². The van der Waals surface area contributed by atoms with Crippen molar-refractivity contribution in [1.82, 2.24) is 10.3 Å². The molecule has 1 aliphatic heterocycles. The van der Waals surface area contributed by atoms with E-state index in [0.717, 1.165) is 6.54 Å². The van der Waals surface area contributed by atoms with Crippen LogP contribution in [-0.4, -0.2) is 23.4 Å². The molecule has 1 atom stereocenters. The van der Waals surface area contributed by atoms with Crippen molar-refractivity contribution < 1.29 is 0 Å². The van der Waals surface area contributed by atoms with Crippen molar-refractivity contribution in [1.29, 1.82) is 0 Å². The van der Waals surface area contributed by atoms with Crippen LogP contribution in [0.2, 0.25) is 0 Å². The zero-order valence-corrected chi connectivity index (χ0v) is 7.89. The third kappa shape index (κ3) is 2.58. The van der Waals surface area contributed by atoms with Crippen molar-refractivity contribution in [3.05, 3.63) is 0 Å². The number of hydrogen-bond acceptors (Lipinski definition) is 3. The Morgan fingerprint density at radius 1 is 1.64 bits per heavy atom. The molecule has 0 aromatic rings. The summed E-state index contributed by atoms with van der Waals surface area (Å²) in [6.07, 6.45) is 1.74. The number of nitrogens with one attached hydrogen (secondary N) is 1. The quantitative estimate of drug-likeness (QED) is 0.482. The summed E-state index contributed by atoms with van der Waals surface area (Å²) in [5, 5.41) is 3.85.